The molecule has 4 rings (SSSR count). The van der Waals surface area contributed by atoms with E-state index >= 15 is 0 Å². The zero-order valence-corrected chi connectivity index (χ0v) is 20.9. The van der Waals surface area contributed by atoms with E-state index < -0.39 is 0 Å². The molecule has 3 aromatic rings. The highest BCUT2D eigenvalue weighted by atomic mass is 32.1. The fourth-order valence-corrected chi connectivity index (χ4v) is 5.18. The van der Waals surface area contributed by atoms with Crippen LogP contribution in [-0.4, -0.2) is 75.5 Å². The van der Waals surface area contributed by atoms with Gasteiger partial charge in [0.1, 0.15) is 11.1 Å². The van der Waals surface area contributed by atoms with Crippen LogP contribution in [0.1, 0.15) is 43.5 Å². The van der Waals surface area contributed by atoms with Crippen molar-refractivity contribution < 1.29 is 4.79 Å². The number of nitriles is 1. The van der Waals surface area contributed by atoms with Gasteiger partial charge in [-0.05, 0) is 25.5 Å². The Morgan fingerprint density at radius 3 is 2.88 bits per heavy atom. The Bertz CT molecular complexity index is 1220. The molecule has 4 heterocycles. The van der Waals surface area contributed by atoms with Crippen LogP contribution in [0.5, 0.6) is 0 Å². The number of piperazine rings is 1. The number of fused-ring (bicyclic) bond motifs is 1. The zero-order chi connectivity index (χ0) is 24.2. The maximum absolute atomic E-state index is 11.7. The van der Waals surface area contributed by atoms with Crippen LogP contribution >= 0.6 is 11.3 Å². The third kappa shape index (κ3) is 4.67. The lowest BCUT2D eigenvalue weighted by atomic mass is 10.0. The lowest BCUT2D eigenvalue weighted by molar-refractivity contribution is -0.104. The quantitative estimate of drug-likeness (QED) is 0.360. The summed E-state index contributed by atoms with van der Waals surface area (Å²) in [5, 5.41) is 11.0. The molecule has 178 valence electrons. The Hall–Kier alpha value is -3.29. The molecule has 0 N–H and O–H groups in total. The van der Waals surface area contributed by atoms with Crippen molar-refractivity contribution in [1.29, 1.82) is 5.26 Å². The minimum absolute atomic E-state index is 0.173. The van der Waals surface area contributed by atoms with Gasteiger partial charge in [0.15, 0.2) is 5.82 Å². The predicted octanol–water partition coefficient (Wildman–Crippen LogP) is 2.85. The summed E-state index contributed by atoms with van der Waals surface area (Å²) in [4.78, 5) is 31.3. The lowest BCUT2D eigenvalue weighted by Crippen LogP contribution is -2.52. The van der Waals surface area contributed by atoms with Gasteiger partial charge in [-0.25, -0.2) is 19.6 Å². The molecule has 0 aromatic carbocycles. The van der Waals surface area contributed by atoms with Gasteiger partial charge >= 0.3 is 0 Å². The normalized spacial score (nSPS) is 18.1. The number of carbonyl (C=O) groups is 1. The molecule has 0 radical (unpaired) electrons. The molecule has 0 aliphatic carbocycles. The van der Waals surface area contributed by atoms with E-state index in [9.17, 15) is 4.79 Å². The van der Waals surface area contributed by atoms with E-state index in [1.54, 1.807) is 17.4 Å². The Labute approximate surface area is 203 Å². The second kappa shape index (κ2) is 10.3. The van der Waals surface area contributed by atoms with Gasteiger partial charge in [-0.3, -0.25) is 9.69 Å². The predicted molar refractivity (Wildman–Crippen MR) is 134 cm³/mol. The van der Waals surface area contributed by atoms with Crippen molar-refractivity contribution in [2.24, 2.45) is 0 Å². The number of allylic oxidation sites excluding steroid dienone is 1. The van der Waals surface area contributed by atoms with E-state index in [0.29, 0.717) is 11.5 Å². The van der Waals surface area contributed by atoms with Crippen molar-refractivity contribution in [2.45, 2.75) is 38.8 Å². The molecule has 34 heavy (non-hydrogen) atoms. The van der Waals surface area contributed by atoms with Gasteiger partial charge in [0.05, 0.1) is 46.8 Å². The van der Waals surface area contributed by atoms with Gasteiger partial charge in [0, 0.05) is 51.9 Å². The van der Waals surface area contributed by atoms with E-state index in [0.717, 1.165) is 54.1 Å². The number of carbonyl (C=O) groups excluding carboxylic acids is 1. The number of nitrogens with zero attached hydrogens (tertiary/aromatic N) is 8. The topological polar surface area (TPSA) is 94.2 Å². The number of thiazole rings is 1. The average molecular weight is 479 g/mol. The van der Waals surface area contributed by atoms with Gasteiger partial charge < -0.3 is 9.91 Å². The van der Waals surface area contributed by atoms with Crippen molar-refractivity contribution in [3.05, 3.63) is 47.1 Å². The number of pyridine rings is 1. The first-order valence-electron chi connectivity index (χ1n) is 11.5. The summed E-state index contributed by atoms with van der Waals surface area (Å²) < 4.78 is 1.90. The minimum atomic E-state index is 0.173. The summed E-state index contributed by atoms with van der Waals surface area (Å²) in [6.07, 6.45) is 5.43. The standard InChI is InChI=1S/C24H30N8OS/c1-5-19-15-30(17(2)20-6-7-21-24(28-20)34-16-26-21)11-12-31(19)22(9-13-33)23-27-18(8-10-25)14-32(23)29(3)4/h6-7,9,13-14,16-17,19H,5,8,11-12,15H2,1-4H3/b22-9+. The van der Waals surface area contributed by atoms with Crippen LogP contribution < -0.4 is 5.01 Å². The first-order valence-corrected chi connectivity index (χ1v) is 12.3. The molecule has 2 unspecified atom stereocenters. The largest absolute Gasteiger partial charge is 0.363 e. The molecule has 0 saturated carbocycles. The fraction of sp³-hybridized carbons (Fsp3) is 0.458. The van der Waals surface area contributed by atoms with Crippen molar-refractivity contribution >= 4 is 33.7 Å². The van der Waals surface area contributed by atoms with E-state index in [2.05, 4.69) is 40.8 Å². The van der Waals surface area contributed by atoms with Gasteiger partial charge in [0.2, 0.25) is 0 Å². The number of aromatic nitrogens is 4. The summed E-state index contributed by atoms with van der Waals surface area (Å²) in [5.74, 6) is 0.680. The van der Waals surface area contributed by atoms with Crippen LogP contribution in [-0.2, 0) is 11.2 Å². The molecule has 2 atom stereocenters. The minimum Gasteiger partial charge on any atom is -0.363 e. The van der Waals surface area contributed by atoms with Crippen molar-refractivity contribution in [3.8, 4) is 6.07 Å². The average Bonchev–Trinajstić information content (AvgIpc) is 3.48. The maximum atomic E-state index is 11.7. The van der Waals surface area contributed by atoms with Crippen LogP contribution in [0.4, 0.5) is 0 Å². The van der Waals surface area contributed by atoms with Gasteiger partial charge in [-0.1, -0.05) is 6.92 Å². The van der Waals surface area contributed by atoms with Gasteiger partial charge in [0.25, 0.3) is 0 Å². The Kier molecular flexibility index (Phi) is 7.24. The molecule has 1 fully saturated rings. The molecule has 1 saturated heterocycles. The van der Waals surface area contributed by atoms with Crippen LogP contribution in [0.15, 0.2) is 29.9 Å². The first kappa shape index (κ1) is 23.9. The van der Waals surface area contributed by atoms with E-state index in [1.807, 2.05) is 41.6 Å². The SMILES string of the molecule is CCC1CN(C(C)c2ccc3ncsc3n2)CCN1/C(=C/C=O)c1nc(CC#N)cn1N(C)C. The van der Waals surface area contributed by atoms with Crippen LogP contribution in [0.3, 0.4) is 0 Å². The highest BCUT2D eigenvalue weighted by Gasteiger charge is 2.32. The molecule has 1 aliphatic heterocycles. The smallest absolute Gasteiger partial charge is 0.175 e. The molecule has 9 nitrogen and oxygen atoms in total. The van der Waals surface area contributed by atoms with Gasteiger partial charge in [-0.15, -0.1) is 11.3 Å². The number of imidazole rings is 1. The molecule has 0 spiro atoms. The van der Waals surface area contributed by atoms with Crippen LogP contribution in [0.2, 0.25) is 0 Å². The zero-order valence-electron chi connectivity index (χ0n) is 20.0. The second-order valence-corrected chi connectivity index (χ2v) is 9.44. The summed E-state index contributed by atoms with van der Waals surface area (Å²) in [7, 11) is 3.84. The number of aldehydes is 1. The molecule has 10 heteroatoms. The number of rotatable bonds is 8. The monoisotopic (exact) mass is 478 g/mol. The van der Waals surface area contributed by atoms with Crippen LogP contribution in [0.25, 0.3) is 16.0 Å². The Morgan fingerprint density at radius 2 is 2.18 bits per heavy atom. The second-order valence-electron chi connectivity index (χ2n) is 8.61. The molecule has 0 bridgehead atoms. The molecule has 1 aliphatic rings. The molecular formula is C24H30N8OS. The fourth-order valence-electron chi connectivity index (χ4n) is 4.51. The molecular weight excluding hydrogens is 448 g/mol. The summed E-state index contributed by atoms with van der Waals surface area (Å²) in [6, 6.07) is 6.66. The number of hydrogen-bond donors (Lipinski definition) is 0. The third-order valence-corrected chi connectivity index (χ3v) is 7.11. The Balaban J connectivity index is 1.59. The highest BCUT2D eigenvalue weighted by molar-refractivity contribution is 7.16. The third-order valence-electron chi connectivity index (χ3n) is 6.37. The van der Waals surface area contributed by atoms with E-state index in [1.165, 1.54) is 0 Å². The van der Waals surface area contributed by atoms with Crippen LogP contribution in [0, 0.1) is 11.3 Å². The van der Waals surface area contributed by atoms with Crippen molar-refractivity contribution in [2.75, 3.05) is 38.7 Å². The van der Waals surface area contributed by atoms with Crippen molar-refractivity contribution in [1.82, 2.24) is 29.4 Å². The lowest BCUT2D eigenvalue weighted by Gasteiger charge is -2.45. The summed E-state index contributed by atoms with van der Waals surface area (Å²) >= 11 is 1.56. The molecule has 0 amide bonds. The highest BCUT2D eigenvalue weighted by Crippen LogP contribution is 2.30. The van der Waals surface area contributed by atoms with E-state index in [4.69, 9.17) is 15.2 Å². The van der Waals surface area contributed by atoms with Gasteiger partial charge in [-0.2, -0.15) is 5.26 Å². The van der Waals surface area contributed by atoms with Crippen molar-refractivity contribution in [3.63, 3.8) is 0 Å². The Morgan fingerprint density at radius 1 is 1.35 bits per heavy atom. The molecule has 3 aromatic heterocycles. The number of hydrogen-bond acceptors (Lipinski definition) is 9. The van der Waals surface area contributed by atoms with E-state index in [-0.39, 0.29) is 18.5 Å². The summed E-state index contributed by atoms with van der Waals surface area (Å²) in [6.45, 7) is 6.82. The maximum Gasteiger partial charge on any atom is 0.175 e. The summed E-state index contributed by atoms with van der Waals surface area (Å²) in [5.41, 5.74) is 5.29. The first-order chi connectivity index (χ1) is 16.5.